The van der Waals surface area contributed by atoms with Crippen LogP contribution in [0, 0.1) is 13.8 Å². The van der Waals surface area contributed by atoms with Gasteiger partial charge in [-0.3, -0.25) is 14.4 Å². The van der Waals surface area contributed by atoms with Gasteiger partial charge >= 0.3 is 0 Å². The average Bonchev–Trinajstić information content (AvgIpc) is 3.05. The van der Waals surface area contributed by atoms with Gasteiger partial charge in [-0.15, -0.1) is 11.3 Å². The molecule has 0 saturated heterocycles. The van der Waals surface area contributed by atoms with Crippen molar-refractivity contribution in [1.29, 1.82) is 0 Å². The predicted octanol–water partition coefficient (Wildman–Crippen LogP) is 4.35. The maximum atomic E-state index is 13.0. The minimum absolute atomic E-state index is 0.0641. The highest BCUT2D eigenvalue weighted by molar-refractivity contribution is 7.17. The number of aryl methyl sites for hydroxylation is 3. The molecule has 0 bridgehead atoms. The van der Waals surface area contributed by atoms with E-state index in [1.807, 2.05) is 26.8 Å². The molecule has 156 valence electrons. The second-order valence-electron chi connectivity index (χ2n) is 7.66. The van der Waals surface area contributed by atoms with Gasteiger partial charge in [-0.1, -0.05) is 6.07 Å². The van der Waals surface area contributed by atoms with Gasteiger partial charge in [0.15, 0.2) is 11.2 Å². The Morgan fingerprint density at radius 1 is 1.10 bits per heavy atom. The highest BCUT2D eigenvalue weighted by Crippen LogP contribution is 2.38. The van der Waals surface area contributed by atoms with Crippen LogP contribution in [0.2, 0.25) is 0 Å². The SMILES string of the molecule is CCNC(=O)c1c(NC(=O)c2cc(=O)c3c(C)cc(C)cc3o2)sc2c1CCCC2. The van der Waals surface area contributed by atoms with Crippen molar-refractivity contribution in [2.24, 2.45) is 0 Å². The number of rotatable bonds is 4. The van der Waals surface area contributed by atoms with Crippen LogP contribution in [-0.2, 0) is 12.8 Å². The van der Waals surface area contributed by atoms with Crippen molar-refractivity contribution in [2.75, 3.05) is 11.9 Å². The molecule has 0 radical (unpaired) electrons. The van der Waals surface area contributed by atoms with Gasteiger partial charge in [-0.05, 0) is 69.2 Å². The Kier molecular flexibility index (Phi) is 5.47. The summed E-state index contributed by atoms with van der Waals surface area (Å²) in [5.74, 6) is -0.776. The van der Waals surface area contributed by atoms with Gasteiger partial charge in [0.05, 0.1) is 10.9 Å². The molecule has 4 rings (SSSR count). The standard InChI is InChI=1S/C23H24N2O4S/c1-4-24-22(28)20-14-7-5-6-8-18(14)30-23(20)25-21(27)17-11-15(26)19-13(3)9-12(2)10-16(19)29-17/h9-11H,4-8H2,1-3H3,(H,24,28)(H,25,27). The van der Waals surface area contributed by atoms with E-state index in [9.17, 15) is 14.4 Å². The summed E-state index contributed by atoms with van der Waals surface area (Å²) in [5.41, 5.74) is 3.46. The van der Waals surface area contributed by atoms with Crippen molar-refractivity contribution in [2.45, 2.75) is 46.5 Å². The Morgan fingerprint density at radius 3 is 2.63 bits per heavy atom. The van der Waals surface area contributed by atoms with E-state index in [4.69, 9.17) is 4.42 Å². The number of hydrogen-bond acceptors (Lipinski definition) is 5. The Hall–Kier alpha value is -2.93. The summed E-state index contributed by atoms with van der Waals surface area (Å²) in [5, 5.41) is 6.66. The van der Waals surface area contributed by atoms with E-state index in [0.29, 0.717) is 28.1 Å². The first-order valence-corrected chi connectivity index (χ1v) is 11.0. The molecule has 0 aliphatic heterocycles. The van der Waals surface area contributed by atoms with Crippen molar-refractivity contribution >= 4 is 39.1 Å². The molecule has 7 heteroatoms. The van der Waals surface area contributed by atoms with Crippen molar-refractivity contribution in [1.82, 2.24) is 5.32 Å². The third kappa shape index (κ3) is 3.65. The van der Waals surface area contributed by atoms with Crippen LogP contribution < -0.4 is 16.1 Å². The Labute approximate surface area is 178 Å². The number of thiophene rings is 1. The summed E-state index contributed by atoms with van der Waals surface area (Å²) >= 11 is 1.44. The van der Waals surface area contributed by atoms with Gasteiger partial charge in [-0.25, -0.2) is 0 Å². The number of carbonyl (C=O) groups excluding carboxylic acids is 2. The second kappa shape index (κ2) is 8.07. The molecule has 2 heterocycles. The minimum Gasteiger partial charge on any atom is -0.451 e. The lowest BCUT2D eigenvalue weighted by atomic mass is 9.95. The van der Waals surface area contributed by atoms with E-state index in [0.717, 1.165) is 47.3 Å². The zero-order valence-corrected chi connectivity index (χ0v) is 18.1. The monoisotopic (exact) mass is 424 g/mol. The summed E-state index contributed by atoms with van der Waals surface area (Å²) in [4.78, 5) is 39.4. The van der Waals surface area contributed by atoms with Gasteiger partial charge in [0.2, 0.25) is 0 Å². The van der Waals surface area contributed by atoms with E-state index in [-0.39, 0.29) is 17.1 Å². The molecular formula is C23H24N2O4S. The van der Waals surface area contributed by atoms with Crippen molar-refractivity contribution in [3.63, 3.8) is 0 Å². The molecule has 0 saturated carbocycles. The van der Waals surface area contributed by atoms with Crippen LogP contribution in [0.25, 0.3) is 11.0 Å². The zero-order chi connectivity index (χ0) is 21.4. The lowest BCUT2D eigenvalue weighted by Crippen LogP contribution is -2.25. The lowest BCUT2D eigenvalue weighted by Gasteiger charge is -2.12. The molecule has 1 aromatic carbocycles. The molecule has 2 N–H and O–H groups in total. The van der Waals surface area contributed by atoms with Crippen LogP contribution in [0.4, 0.5) is 5.00 Å². The molecule has 0 unspecified atom stereocenters. The molecule has 0 fully saturated rings. The normalized spacial score (nSPS) is 13.2. The molecule has 0 atom stereocenters. The van der Waals surface area contributed by atoms with E-state index >= 15 is 0 Å². The first kappa shape index (κ1) is 20.3. The number of nitrogens with one attached hydrogen (secondary N) is 2. The van der Waals surface area contributed by atoms with Crippen LogP contribution in [0.3, 0.4) is 0 Å². The third-order valence-electron chi connectivity index (χ3n) is 5.36. The van der Waals surface area contributed by atoms with Gasteiger partial charge in [0.25, 0.3) is 11.8 Å². The number of carbonyl (C=O) groups is 2. The van der Waals surface area contributed by atoms with E-state index < -0.39 is 5.91 Å². The maximum Gasteiger partial charge on any atom is 0.292 e. The first-order chi connectivity index (χ1) is 14.4. The van der Waals surface area contributed by atoms with Gasteiger partial charge in [0, 0.05) is 17.5 Å². The Morgan fingerprint density at radius 2 is 1.87 bits per heavy atom. The minimum atomic E-state index is -0.530. The molecule has 6 nitrogen and oxygen atoms in total. The molecular weight excluding hydrogens is 400 g/mol. The summed E-state index contributed by atoms with van der Waals surface area (Å²) in [6.45, 7) is 6.13. The quantitative estimate of drug-likeness (QED) is 0.652. The van der Waals surface area contributed by atoms with Gasteiger partial charge in [0.1, 0.15) is 10.6 Å². The summed E-state index contributed by atoms with van der Waals surface area (Å²) in [6, 6.07) is 4.89. The highest BCUT2D eigenvalue weighted by Gasteiger charge is 2.27. The molecule has 1 aliphatic carbocycles. The number of hydrogen-bond donors (Lipinski definition) is 2. The summed E-state index contributed by atoms with van der Waals surface area (Å²) in [7, 11) is 0. The summed E-state index contributed by atoms with van der Waals surface area (Å²) in [6.07, 6.45) is 3.85. The Bertz CT molecular complexity index is 1220. The van der Waals surface area contributed by atoms with Crippen LogP contribution >= 0.6 is 11.3 Å². The fourth-order valence-corrected chi connectivity index (χ4v) is 5.37. The smallest absolute Gasteiger partial charge is 0.292 e. The fourth-order valence-electron chi connectivity index (χ4n) is 4.08. The van der Waals surface area contributed by atoms with Crippen LogP contribution in [0.5, 0.6) is 0 Å². The van der Waals surface area contributed by atoms with Crippen LogP contribution in [0.1, 0.15) is 62.2 Å². The Balaban J connectivity index is 1.73. The second-order valence-corrected chi connectivity index (χ2v) is 8.76. The largest absolute Gasteiger partial charge is 0.451 e. The predicted molar refractivity (Wildman–Crippen MR) is 119 cm³/mol. The lowest BCUT2D eigenvalue weighted by molar-refractivity contribution is 0.0956. The van der Waals surface area contributed by atoms with E-state index in [1.165, 1.54) is 17.4 Å². The van der Waals surface area contributed by atoms with Crippen LogP contribution in [-0.4, -0.2) is 18.4 Å². The molecule has 1 aliphatic rings. The zero-order valence-electron chi connectivity index (χ0n) is 17.3. The number of benzene rings is 1. The fraction of sp³-hybridized carbons (Fsp3) is 0.348. The first-order valence-electron chi connectivity index (χ1n) is 10.2. The highest BCUT2D eigenvalue weighted by atomic mass is 32.1. The van der Waals surface area contributed by atoms with Crippen LogP contribution in [0.15, 0.2) is 27.4 Å². The topological polar surface area (TPSA) is 88.4 Å². The molecule has 3 aromatic rings. The number of amides is 2. The molecule has 0 spiro atoms. The average molecular weight is 425 g/mol. The van der Waals surface area contributed by atoms with Crippen molar-refractivity contribution < 1.29 is 14.0 Å². The van der Waals surface area contributed by atoms with E-state index in [1.54, 1.807) is 6.07 Å². The maximum absolute atomic E-state index is 13.0. The molecule has 30 heavy (non-hydrogen) atoms. The molecule has 2 aromatic heterocycles. The van der Waals surface area contributed by atoms with Crippen molar-refractivity contribution in [3.05, 3.63) is 61.3 Å². The third-order valence-corrected chi connectivity index (χ3v) is 6.57. The number of fused-ring (bicyclic) bond motifs is 2. The van der Waals surface area contributed by atoms with Gasteiger partial charge in [-0.2, -0.15) is 0 Å². The molecule has 2 amide bonds. The number of anilines is 1. The summed E-state index contributed by atoms with van der Waals surface area (Å²) < 4.78 is 5.78. The van der Waals surface area contributed by atoms with Crippen molar-refractivity contribution in [3.8, 4) is 0 Å². The van der Waals surface area contributed by atoms with Gasteiger partial charge < -0.3 is 15.1 Å². The van der Waals surface area contributed by atoms with E-state index in [2.05, 4.69) is 10.6 Å².